The standard InChI is InChI=1S/C20H26N4O/c1-14-9-15(2)12-24(11-14)13-19(25)16(10-21)20-22(3)17-7-5-6-8-18(17)23(20)4/h5-8,14-15H,9,11-13H2,1-4H3/p+1/t14-,15-/m0/s1. The number of para-hydroxylation sites is 2. The minimum absolute atomic E-state index is 0.0553. The van der Waals surface area contributed by atoms with Crippen LogP contribution < -0.4 is 14.7 Å². The first-order valence-corrected chi connectivity index (χ1v) is 9.00. The Kier molecular flexibility index (Phi) is 4.82. The third-order valence-corrected chi connectivity index (χ3v) is 5.34. The van der Waals surface area contributed by atoms with Crippen LogP contribution in [-0.4, -0.2) is 39.5 Å². The van der Waals surface area contributed by atoms with Crippen molar-refractivity contribution in [1.29, 1.82) is 5.26 Å². The Morgan fingerprint density at radius 1 is 1.16 bits per heavy atom. The van der Waals surface area contributed by atoms with E-state index >= 15 is 0 Å². The van der Waals surface area contributed by atoms with Crippen molar-refractivity contribution in [2.24, 2.45) is 11.8 Å². The minimum atomic E-state index is -0.0553. The molecule has 1 aromatic rings. The number of carbonyl (C=O) groups is 1. The molecule has 0 spiro atoms. The van der Waals surface area contributed by atoms with E-state index in [-0.39, 0.29) is 11.4 Å². The zero-order chi connectivity index (χ0) is 18.1. The predicted octanol–water partition coefficient (Wildman–Crippen LogP) is 1.44. The van der Waals surface area contributed by atoms with Gasteiger partial charge in [0.25, 0.3) is 0 Å². The maximum absolute atomic E-state index is 12.9. The van der Waals surface area contributed by atoms with Crippen LogP contribution in [0.2, 0.25) is 0 Å². The normalized spacial score (nSPS) is 25.6. The van der Waals surface area contributed by atoms with Crippen LogP contribution in [0.25, 0.3) is 0 Å². The van der Waals surface area contributed by atoms with Gasteiger partial charge in [0.15, 0.2) is 0 Å². The number of fused-ring (bicyclic) bond motifs is 1. The zero-order valence-corrected chi connectivity index (χ0v) is 15.5. The second-order valence-corrected chi connectivity index (χ2v) is 7.62. The summed E-state index contributed by atoms with van der Waals surface area (Å²) in [5.74, 6) is 1.89. The van der Waals surface area contributed by atoms with E-state index in [1.54, 1.807) is 0 Å². The van der Waals surface area contributed by atoms with Crippen molar-refractivity contribution >= 4 is 17.2 Å². The summed E-state index contributed by atoms with van der Waals surface area (Å²) < 4.78 is 0. The summed E-state index contributed by atoms with van der Waals surface area (Å²) in [5.41, 5.74) is 2.31. The molecule has 5 heteroatoms. The van der Waals surface area contributed by atoms with Crippen LogP contribution in [0.5, 0.6) is 0 Å². The number of likely N-dealkylation sites (tertiary alicyclic amines) is 1. The number of carbonyl (C=O) groups excluding carboxylic acids is 1. The van der Waals surface area contributed by atoms with E-state index in [9.17, 15) is 10.1 Å². The lowest BCUT2D eigenvalue weighted by Crippen LogP contribution is -3.15. The fourth-order valence-corrected chi connectivity index (χ4v) is 4.44. The SMILES string of the molecule is C[C@H]1C[C@H](C)C[NH+](CC(=O)C(C#N)=C2N(C)c3ccccc3N2C)C1. The fraction of sp³-hybridized carbons (Fsp3) is 0.500. The van der Waals surface area contributed by atoms with Gasteiger partial charge in [-0.2, -0.15) is 5.26 Å². The van der Waals surface area contributed by atoms with E-state index in [2.05, 4.69) is 19.9 Å². The molecule has 5 nitrogen and oxygen atoms in total. The molecule has 132 valence electrons. The number of piperidine rings is 1. The van der Waals surface area contributed by atoms with Crippen molar-refractivity contribution in [3.8, 4) is 6.07 Å². The molecule has 25 heavy (non-hydrogen) atoms. The van der Waals surface area contributed by atoms with Gasteiger partial charge in [0.2, 0.25) is 5.78 Å². The van der Waals surface area contributed by atoms with Crippen LogP contribution in [0.4, 0.5) is 11.4 Å². The lowest BCUT2D eigenvalue weighted by molar-refractivity contribution is -0.904. The summed E-state index contributed by atoms with van der Waals surface area (Å²) in [5, 5.41) is 9.71. The molecule has 1 N–H and O–H groups in total. The Morgan fingerprint density at radius 3 is 2.16 bits per heavy atom. The highest BCUT2D eigenvalue weighted by Gasteiger charge is 2.33. The Labute approximate surface area is 150 Å². The zero-order valence-electron chi connectivity index (χ0n) is 15.5. The van der Waals surface area contributed by atoms with Crippen LogP contribution in [0.3, 0.4) is 0 Å². The summed E-state index contributed by atoms with van der Waals surface area (Å²) in [4.78, 5) is 18.1. The van der Waals surface area contributed by atoms with Gasteiger partial charge in [0.05, 0.1) is 24.5 Å². The van der Waals surface area contributed by atoms with Gasteiger partial charge in [-0.25, -0.2) is 0 Å². The molecule has 0 amide bonds. The number of hydrogen-bond acceptors (Lipinski definition) is 4. The van der Waals surface area contributed by atoms with Gasteiger partial charge in [0.1, 0.15) is 24.0 Å². The van der Waals surface area contributed by atoms with E-state index in [0.29, 0.717) is 24.2 Å². The Bertz CT molecular complexity index is 707. The molecule has 1 saturated heterocycles. The van der Waals surface area contributed by atoms with Crippen molar-refractivity contribution in [1.82, 2.24) is 0 Å². The highest BCUT2D eigenvalue weighted by atomic mass is 16.1. The molecule has 2 aliphatic rings. The number of nitrogens with zero attached hydrogens (tertiary/aromatic N) is 3. The van der Waals surface area contributed by atoms with Crippen molar-refractivity contribution in [3.05, 3.63) is 35.7 Å². The van der Waals surface area contributed by atoms with Gasteiger partial charge >= 0.3 is 0 Å². The predicted molar refractivity (Wildman–Crippen MR) is 99.4 cm³/mol. The number of Topliss-reactive ketones (excluding diaryl/α,β-unsaturated/α-hetero) is 1. The minimum Gasteiger partial charge on any atom is -0.328 e. The first-order valence-electron chi connectivity index (χ1n) is 9.00. The monoisotopic (exact) mass is 339 g/mol. The molecule has 0 saturated carbocycles. The summed E-state index contributed by atoms with van der Waals surface area (Å²) in [6.45, 7) is 6.92. The maximum Gasteiger partial charge on any atom is 0.231 e. The number of benzene rings is 1. The Hall–Kier alpha value is -2.32. The van der Waals surface area contributed by atoms with Gasteiger partial charge in [-0.3, -0.25) is 4.79 Å². The summed E-state index contributed by atoms with van der Waals surface area (Å²) in [6, 6.07) is 10.2. The quantitative estimate of drug-likeness (QED) is 0.669. The molecule has 0 radical (unpaired) electrons. The number of anilines is 2. The van der Waals surface area contributed by atoms with Crippen LogP contribution >= 0.6 is 0 Å². The number of nitriles is 1. The topological polar surface area (TPSA) is 51.8 Å². The number of quaternary nitrogens is 1. The maximum atomic E-state index is 12.9. The van der Waals surface area contributed by atoms with Crippen LogP contribution in [0.15, 0.2) is 35.7 Å². The number of rotatable bonds is 3. The van der Waals surface area contributed by atoms with Crippen molar-refractivity contribution in [3.63, 3.8) is 0 Å². The molecule has 0 unspecified atom stereocenters. The molecule has 2 atom stereocenters. The molecular formula is C20H27N4O+. The summed E-state index contributed by atoms with van der Waals surface area (Å²) in [6.07, 6.45) is 1.23. The molecule has 2 heterocycles. The van der Waals surface area contributed by atoms with E-state index in [0.717, 1.165) is 24.5 Å². The highest BCUT2D eigenvalue weighted by molar-refractivity contribution is 6.03. The molecule has 1 fully saturated rings. The smallest absolute Gasteiger partial charge is 0.231 e. The molecular weight excluding hydrogens is 312 g/mol. The second-order valence-electron chi connectivity index (χ2n) is 7.62. The lowest BCUT2D eigenvalue weighted by Gasteiger charge is -2.31. The van der Waals surface area contributed by atoms with Gasteiger partial charge in [-0.1, -0.05) is 26.0 Å². The third kappa shape index (κ3) is 3.27. The Morgan fingerprint density at radius 2 is 1.68 bits per heavy atom. The summed E-state index contributed by atoms with van der Waals surface area (Å²) in [7, 11) is 3.83. The van der Waals surface area contributed by atoms with Crippen LogP contribution in [-0.2, 0) is 4.79 Å². The average molecular weight is 339 g/mol. The molecule has 0 aromatic heterocycles. The van der Waals surface area contributed by atoms with Gasteiger partial charge in [0, 0.05) is 25.9 Å². The van der Waals surface area contributed by atoms with Crippen molar-refractivity contribution in [2.45, 2.75) is 20.3 Å². The molecule has 0 aliphatic carbocycles. The average Bonchev–Trinajstić information content (AvgIpc) is 2.80. The van der Waals surface area contributed by atoms with E-state index in [1.165, 1.54) is 11.3 Å². The first kappa shape index (κ1) is 17.5. The fourth-order valence-electron chi connectivity index (χ4n) is 4.44. The number of nitrogens with one attached hydrogen (secondary N) is 1. The number of ketones is 1. The Balaban J connectivity index is 1.86. The van der Waals surface area contributed by atoms with Gasteiger partial charge < -0.3 is 14.7 Å². The van der Waals surface area contributed by atoms with Crippen LogP contribution in [0, 0.1) is 23.2 Å². The van der Waals surface area contributed by atoms with Gasteiger partial charge in [-0.05, 0) is 18.6 Å². The molecule has 1 aromatic carbocycles. The molecule has 3 rings (SSSR count). The van der Waals surface area contributed by atoms with Crippen molar-refractivity contribution < 1.29 is 9.69 Å². The number of hydrogen-bond donors (Lipinski definition) is 1. The first-order chi connectivity index (χ1) is 11.9. The molecule has 0 bridgehead atoms. The van der Waals surface area contributed by atoms with E-state index in [1.807, 2.05) is 48.2 Å². The van der Waals surface area contributed by atoms with Crippen LogP contribution in [0.1, 0.15) is 20.3 Å². The van der Waals surface area contributed by atoms with Crippen molar-refractivity contribution in [2.75, 3.05) is 43.5 Å². The second kappa shape index (κ2) is 6.89. The third-order valence-electron chi connectivity index (χ3n) is 5.34. The summed E-state index contributed by atoms with van der Waals surface area (Å²) >= 11 is 0. The largest absolute Gasteiger partial charge is 0.328 e. The van der Waals surface area contributed by atoms with E-state index in [4.69, 9.17) is 0 Å². The molecule has 2 aliphatic heterocycles. The van der Waals surface area contributed by atoms with E-state index < -0.39 is 0 Å². The lowest BCUT2D eigenvalue weighted by atomic mass is 9.91. The van der Waals surface area contributed by atoms with Gasteiger partial charge in [-0.15, -0.1) is 0 Å². The highest BCUT2D eigenvalue weighted by Crippen LogP contribution is 2.40.